The van der Waals surface area contributed by atoms with Gasteiger partial charge in [0.1, 0.15) is 48.3 Å². The number of carboxylic acid groups (broad SMARTS) is 1. The van der Waals surface area contributed by atoms with Crippen molar-refractivity contribution in [2.24, 2.45) is 0 Å². The van der Waals surface area contributed by atoms with Crippen molar-refractivity contribution >= 4 is 5.97 Å². The third kappa shape index (κ3) is 5.15. The minimum absolute atomic E-state index is 0.524. The van der Waals surface area contributed by atoms with E-state index in [1.165, 1.54) is 6.92 Å². The second-order valence-electron chi connectivity index (χ2n) is 8.30. The van der Waals surface area contributed by atoms with Crippen LogP contribution >= 0.6 is 0 Å². The summed E-state index contributed by atoms with van der Waals surface area (Å²) < 4.78 is 31.3. The number of rotatable bonds is 7. The monoisotopic (exact) mass is 486 g/mol. The summed E-state index contributed by atoms with van der Waals surface area (Å²) in [7, 11) is 1.14. The van der Waals surface area contributed by atoms with Gasteiger partial charge in [-0.15, -0.1) is 0 Å². The van der Waals surface area contributed by atoms with Crippen LogP contribution in [0.3, 0.4) is 0 Å². The van der Waals surface area contributed by atoms with Crippen molar-refractivity contribution in [3.63, 3.8) is 0 Å². The molecular weight excluding hydrogens is 456 g/mol. The lowest BCUT2D eigenvalue weighted by atomic mass is 9.97. The number of methoxy groups -OCH3 is 1. The molecule has 3 fully saturated rings. The summed E-state index contributed by atoms with van der Waals surface area (Å²) >= 11 is 0. The summed E-state index contributed by atoms with van der Waals surface area (Å²) in [5.41, 5.74) is -2.08. The molecule has 8 N–H and O–H groups in total. The van der Waals surface area contributed by atoms with Gasteiger partial charge in [-0.25, -0.2) is 4.79 Å². The zero-order valence-corrected chi connectivity index (χ0v) is 17.8. The Labute approximate surface area is 187 Å². The first kappa shape index (κ1) is 26.6. The Hall–Kier alpha value is -1.05. The Morgan fingerprint density at radius 1 is 0.939 bits per heavy atom. The van der Waals surface area contributed by atoms with Gasteiger partial charge in [0.15, 0.2) is 25.0 Å². The fraction of sp³-hybridized carbons (Fsp3) is 0.944. The predicted octanol–water partition coefficient (Wildman–Crippen LogP) is -5.16. The first-order valence-electron chi connectivity index (χ1n) is 10.2. The van der Waals surface area contributed by atoms with Crippen molar-refractivity contribution < 1.29 is 74.1 Å². The van der Waals surface area contributed by atoms with E-state index in [9.17, 15) is 40.5 Å². The normalized spacial score (nSPS) is 50.9. The summed E-state index contributed by atoms with van der Waals surface area (Å²) in [6.45, 7) is 0.270. The quantitative estimate of drug-likeness (QED) is 0.168. The van der Waals surface area contributed by atoms with E-state index in [1.54, 1.807) is 0 Å². The molecule has 0 aromatic rings. The van der Waals surface area contributed by atoms with Gasteiger partial charge in [0.2, 0.25) is 0 Å². The number of carbonyl (C=O) groups is 1. The molecule has 3 heterocycles. The molecule has 15 nitrogen and oxygen atoms in total. The molecule has 3 aliphatic heterocycles. The molecule has 0 aromatic heterocycles. The minimum atomic E-state index is -2.08. The SMILES string of the molecule is CO[C@H]1O[C@H](C(=O)O)[C@H](O)[C@H](O)[C@H]1O[C@@H]1OC[C@](O)(CO[C@H]2O[C@@H](C)[C@H](O)[C@@H](O)[C@H]2O)[C@H]1O. The number of hydrogen-bond acceptors (Lipinski definition) is 14. The summed E-state index contributed by atoms with van der Waals surface area (Å²) in [6, 6.07) is 0. The highest BCUT2D eigenvalue weighted by molar-refractivity contribution is 5.73. The van der Waals surface area contributed by atoms with Crippen LogP contribution in [-0.2, 0) is 33.2 Å². The third-order valence-corrected chi connectivity index (χ3v) is 5.92. The molecule has 0 aliphatic carbocycles. The number of aliphatic hydroxyl groups excluding tert-OH is 6. The van der Waals surface area contributed by atoms with Gasteiger partial charge in [-0.1, -0.05) is 0 Å². The van der Waals surface area contributed by atoms with Crippen molar-refractivity contribution in [2.75, 3.05) is 20.3 Å². The molecular formula is C18H30O15. The van der Waals surface area contributed by atoms with Crippen LogP contribution in [-0.4, -0.2) is 147 Å². The van der Waals surface area contributed by atoms with Crippen LogP contribution in [0, 0.1) is 0 Å². The average Bonchev–Trinajstić information content (AvgIpc) is 3.05. The number of aliphatic hydroxyl groups is 7. The van der Waals surface area contributed by atoms with Gasteiger partial charge in [-0.05, 0) is 6.92 Å². The van der Waals surface area contributed by atoms with Crippen LogP contribution in [0.1, 0.15) is 6.92 Å². The number of ether oxygens (including phenoxy) is 6. The molecule has 0 bridgehead atoms. The predicted molar refractivity (Wildman–Crippen MR) is 99.2 cm³/mol. The Balaban J connectivity index is 1.62. The highest BCUT2D eigenvalue weighted by Crippen LogP contribution is 2.32. The molecule has 0 spiro atoms. The molecule has 0 unspecified atom stereocenters. The Kier molecular flexibility index (Phi) is 8.28. The molecule has 15 heteroatoms. The standard InChI is InChI=1S/C18H30O15/c1-5-6(19)7(20)10(23)15(31-5)29-3-18(27)4-30-17(13(18)24)33-12-9(22)8(21)11(14(25)26)32-16(12)28-2/h5-13,15-17,19-24,27H,3-4H2,1-2H3,(H,25,26)/t5-,6-,7+,8+,9-,10+,11-,12+,13-,15-,16-,17-,18+/m0/s1. The molecule has 33 heavy (non-hydrogen) atoms. The molecule has 3 aliphatic rings. The molecule has 0 saturated carbocycles. The Bertz CT molecular complexity index is 677. The Morgan fingerprint density at radius 2 is 1.61 bits per heavy atom. The van der Waals surface area contributed by atoms with Gasteiger partial charge in [0.25, 0.3) is 0 Å². The van der Waals surface area contributed by atoms with Crippen molar-refractivity contribution in [2.45, 2.75) is 86.3 Å². The summed E-state index contributed by atoms with van der Waals surface area (Å²) in [5, 5.41) is 80.2. The van der Waals surface area contributed by atoms with Crippen LogP contribution < -0.4 is 0 Å². The van der Waals surface area contributed by atoms with Crippen molar-refractivity contribution in [1.29, 1.82) is 0 Å². The minimum Gasteiger partial charge on any atom is -0.479 e. The van der Waals surface area contributed by atoms with Gasteiger partial charge in [-0.2, -0.15) is 0 Å². The average molecular weight is 486 g/mol. The molecule has 0 amide bonds. The maximum absolute atomic E-state index is 11.2. The molecule has 192 valence electrons. The van der Waals surface area contributed by atoms with Crippen LogP contribution in [0.2, 0.25) is 0 Å². The number of aliphatic carboxylic acids is 1. The molecule has 0 aromatic carbocycles. The summed E-state index contributed by atoms with van der Waals surface area (Å²) in [5.74, 6) is -1.54. The van der Waals surface area contributed by atoms with Crippen molar-refractivity contribution in [3.05, 3.63) is 0 Å². The van der Waals surface area contributed by atoms with E-state index in [0.29, 0.717) is 0 Å². The lowest BCUT2D eigenvalue weighted by Crippen LogP contribution is -2.62. The second-order valence-corrected chi connectivity index (χ2v) is 8.30. The topological polar surface area (TPSA) is 234 Å². The lowest BCUT2D eigenvalue weighted by molar-refractivity contribution is -0.326. The maximum Gasteiger partial charge on any atom is 0.335 e. The van der Waals surface area contributed by atoms with Crippen LogP contribution in [0.5, 0.6) is 0 Å². The second kappa shape index (κ2) is 10.3. The van der Waals surface area contributed by atoms with Crippen LogP contribution in [0.15, 0.2) is 0 Å². The van der Waals surface area contributed by atoms with E-state index in [2.05, 4.69) is 0 Å². The summed E-state index contributed by atoms with van der Waals surface area (Å²) in [6.07, 6.45) is -18.6. The molecule has 0 radical (unpaired) electrons. The molecule has 3 rings (SSSR count). The van der Waals surface area contributed by atoms with E-state index >= 15 is 0 Å². The van der Waals surface area contributed by atoms with Crippen LogP contribution in [0.25, 0.3) is 0 Å². The zero-order valence-electron chi connectivity index (χ0n) is 17.8. The fourth-order valence-electron chi connectivity index (χ4n) is 3.80. The third-order valence-electron chi connectivity index (χ3n) is 5.92. The molecule has 13 atom stereocenters. The van der Waals surface area contributed by atoms with E-state index in [1.807, 2.05) is 0 Å². The van der Waals surface area contributed by atoms with Gasteiger partial charge in [0, 0.05) is 7.11 Å². The van der Waals surface area contributed by atoms with E-state index in [4.69, 9.17) is 33.5 Å². The van der Waals surface area contributed by atoms with E-state index in [-0.39, 0.29) is 0 Å². The summed E-state index contributed by atoms with van der Waals surface area (Å²) in [4.78, 5) is 11.2. The molecule has 3 saturated heterocycles. The maximum atomic E-state index is 11.2. The fourth-order valence-corrected chi connectivity index (χ4v) is 3.80. The van der Waals surface area contributed by atoms with Gasteiger partial charge >= 0.3 is 5.97 Å². The zero-order chi connectivity index (χ0) is 24.7. The van der Waals surface area contributed by atoms with E-state index in [0.717, 1.165) is 7.11 Å². The number of hydrogen-bond donors (Lipinski definition) is 8. The van der Waals surface area contributed by atoms with E-state index < -0.39 is 98.6 Å². The highest BCUT2D eigenvalue weighted by atomic mass is 16.8. The smallest absolute Gasteiger partial charge is 0.335 e. The van der Waals surface area contributed by atoms with Crippen molar-refractivity contribution in [1.82, 2.24) is 0 Å². The van der Waals surface area contributed by atoms with Crippen molar-refractivity contribution in [3.8, 4) is 0 Å². The first-order chi connectivity index (χ1) is 15.4. The first-order valence-corrected chi connectivity index (χ1v) is 10.2. The van der Waals surface area contributed by atoms with Gasteiger partial charge in [-0.3, -0.25) is 0 Å². The largest absolute Gasteiger partial charge is 0.479 e. The van der Waals surface area contributed by atoms with Gasteiger partial charge in [0.05, 0.1) is 19.3 Å². The highest BCUT2D eigenvalue weighted by Gasteiger charge is 2.55. The lowest BCUT2D eigenvalue weighted by Gasteiger charge is -2.41. The Morgan fingerprint density at radius 3 is 2.21 bits per heavy atom. The number of carboxylic acids is 1. The van der Waals surface area contributed by atoms with Gasteiger partial charge < -0.3 is 69.3 Å². The van der Waals surface area contributed by atoms with Crippen LogP contribution in [0.4, 0.5) is 0 Å².